The summed E-state index contributed by atoms with van der Waals surface area (Å²) in [6.07, 6.45) is 0.385. The van der Waals surface area contributed by atoms with Gasteiger partial charge in [-0.3, -0.25) is 9.59 Å². The molecule has 0 spiro atoms. The molecule has 0 aromatic heterocycles. The Balaban J connectivity index is 2.37. The molecule has 0 aliphatic carbocycles. The number of benzene rings is 1. The number of carboxylic acid groups (broad SMARTS) is 1. The number of Topliss-reactive ketones (excluding diaryl/α,β-unsaturated/α-hetero) is 2. The Morgan fingerprint density at radius 3 is 2.19 bits per heavy atom. The van der Waals surface area contributed by atoms with Crippen molar-refractivity contribution in [3.63, 3.8) is 0 Å². The average molecular weight is 220 g/mol. The molecule has 1 rings (SSSR count). The van der Waals surface area contributed by atoms with E-state index in [-0.39, 0.29) is 25.0 Å². The standard InChI is InChI=1S/C12H12O4/c13-10(9-5-2-1-3-6-9)7-4-8-11(14)12(15)16/h1-3,5-6H,4,7-8H2,(H,15,16). The van der Waals surface area contributed by atoms with Gasteiger partial charge < -0.3 is 5.11 Å². The lowest BCUT2D eigenvalue weighted by Crippen LogP contribution is -2.12. The Morgan fingerprint density at radius 2 is 1.62 bits per heavy atom. The highest BCUT2D eigenvalue weighted by Gasteiger charge is 2.12. The summed E-state index contributed by atoms with van der Waals surface area (Å²) in [5.41, 5.74) is 0.588. The summed E-state index contributed by atoms with van der Waals surface area (Å²) < 4.78 is 0. The first-order chi connectivity index (χ1) is 7.61. The normalized spacial score (nSPS) is 9.75. The van der Waals surface area contributed by atoms with E-state index in [0.717, 1.165) is 0 Å². The van der Waals surface area contributed by atoms with Crippen LogP contribution < -0.4 is 0 Å². The van der Waals surface area contributed by atoms with E-state index in [1.165, 1.54) is 0 Å². The summed E-state index contributed by atoms with van der Waals surface area (Å²) in [6.45, 7) is 0. The molecule has 1 aromatic carbocycles. The Kier molecular flexibility index (Phi) is 4.39. The Labute approximate surface area is 92.9 Å². The van der Waals surface area contributed by atoms with Crippen molar-refractivity contribution in [3.05, 3.63) is 35.9 Å². The van der Waals surface area contributed by atoms with E-state index in [1.54, 1.807) is 24.3 Å². The second-order valence-electron chi connectivity index (χ2n) is 3.37. The SMILES string of the molecule is O=C(O)C(=O)CCCC(=O)c1ccccc1. The number of carbonyl (C=O) groups excluding carboxylic acids is 2. The van der Waals surface area contributed by atoms with Crippen molar-refractivity contribution in [2.24, 2.45) is 0 Å². The largest absolute Gasteiger partial charge is 0.476 e. The van der Waals surface area contributed by atoms with Gasteiger partial charge in [0.25, 0.3) is 0 Å². The van der Waals surface area contributed by atoms with Crippen molar-refractivity contribution < 1.29 is 19.5 Å². The van der Waals surface area contributed by atoms with Crippen LogP contribution in [0.2, 0.25) is 0 Å². The molecular formula is C12H12O4. The van der Waals surface area contributed by atoms with Crippen LogP contribution in [0.1, 0.15) is 29.6 Å². The fourth-order valence-electron chi connectivity index (χ4n) is 1.28. The number of carboxylic acids is 1. The molecule has 0 saturated carbocycles. The molecule has 16 heavy (non-hydrogen) atoms. The summed E-state index contributed by atoms with van der Waals surface area (Å²) in [6, 6.07) is 8.72. The number of ketones is 2. The van der Waals surface area contributed by atoms with Crippen LogP contribution >= 0.6 is 0 Å². The molecule has 0 bridgehead atoms. The van der Waals surface area contributed by atoms with Crippen LogP contribution in [-0.2, 0) is 9.59 Å². The van der Waals surface area contributed by atoms with Crippen LogP contribution in [0.5, 0.6) is 0 Å². The third kappa shape index (κ3) is 3.65. The average Bonchev–Trinajstić information content (AvgIpc) is 2.29. The van der Waals surface area contributed by atoms with Crippen LogP contribution in [0.3, 0.4) is 0 Å². The maximum absolute atomic E-state index is 11.5. The van der Waals surface area contributed by atoms with Gasteiger partial charge in [-0.05, 0) is 6.42 Å². The molecule has 0 fully saturated rings. The fourth-order valence-corrected chi connectivity index (χ4v) is 1.28. The van der Waals surface area contributed by atoms with Gasteiger partial charge in [-0.15, -0.1) is 0 Å². The molecule has 0 heterocycles. The minimum absolute atomic E-state index is 0.0706. The highest BCUT2D eigenvalue weighted by atomic mass is 16.4. The topological polar surface area (TPSA) is 71.4 Å². The van der Waals surface area contributed by atoms with Gasteiger partial charge in [0.1, 0.15) is 0 Å². The third-order valence-electron chi connectivity index (χ3n) is 2.14. The molecular weight excluding hydrogens is 208 g/mol. The van der Waals surface area contributed by atoms with E-state index >= 15 is 0 Å². The maximum atomic E-state index is 11.5. The quantitative estimate of drug-likeness (QED) is 0.585. The van der Waals surface area contributed by atoms with Gasteiger partial charge in [-0.25, -0.2) is 4.79 Å². The molecule has 0 saturated heterocycles. The van der Waals surface area contributed by atoms with Crippen molar-refractivity contribution >= 4 is 17.5 Å². The number of hydrogen-bond donors (Lipinski definition) is 1. The van der Waals surface area contributed by atoms with Gasteiger partial charge in [-0.1, -0.05) is 30.3 Å². The predicted molar refractivity (Wildman–Crippen MR) is 57.3 cm³/mol. The van der Waals surface area contributed by atoms with E-state index in [2.05, 4.69) is 0 Å². The van der Waals surface area contributed by atoms with Gasteiger partial charge in [-0.2, -0.15) is 0 Å². The Morgan fingerprint density at radius 1 is 1.00 bits per heavy atom. The molecule has 84 valence electrons. The molecule has 4 nitrogen and oxygen atoms in total. The molecule has 0 radical (unpaired) electrons. The van der Waals surface area contributed by atoms with Crippen molar-refractivity contribution in [1.29, 1.82) is 0 Å². The van der Waals surface area contributed by atoms with E-state index < -0.39 is 11.8 Å². The highest BCUT2D eigenvalue weighted by Crippen LogP contribution is 2.06. The summed E-state index contributed by atoms with van der Waals surface area (Å²) in [4.78, 5) is 32.5. The van der Waals surface area contributed by atoms with Gasteiger partial charge in [0, 0.05) is 18.4 Å². The number of aliphatic carboxylic acids is 1. The summed E-state index contributed by atoms with van der Waals surface area (Å²) in [5, 5.41) is 8.33. The van der Waals surface area contributed by atoms with Gasteiger partial charge >= 0.3 is 5.97 Å². The van der Waals surface area contributed by atoms with Crippen molar-refractivity contribution in [1.82, 2.24) is 0 Å². The summed E-state index contributed by atoms with van der Waals surface area (Å²) >= 11 is 0. The fraction of sp³-hybridized carbons (Fsp3) is 0.250. The van der Waals surface area contributed by atoms with Crippen molar-refractivity contribution in [2.45, 2.75) is 19.3 Å². The minimum atomic E-state index is -1.44. The Hall–Kier alpha value is -1.97. The van der Waals surface area contributed by atoms with Crippen LogP contribution in [0.15, 0.2) is 30.3 Å². The van der Waals surface area contributed by atoms with Crippen LogP contribution in [-0.4, -0.2) is 22.6 Å². The van der Waals surface area contributed by atoms with Gasteiger partial charge in [0.2, 0.25) is 5.78 Å². The van der Waals surface area contributed by atoms with Crippen LogP contribution in [0, 0.1) is 0 Å². The van der Waals surface area contributed by atoms with Crippen LogP contribution in [0.4, 0.5) is 0 Å². The summed E-state index contributed by atoms with van der Waals surface area (Å²) in [7, 11) is 0. The summed E-state index contributed by atoms with van der Waals surface area (Å²) in [5.74, 6) is -2.35. The number of rotatable bonds is 6. The zero-order chi connectivity index (χ0) is 12.0. The zero-order valence-corrected chi connectivity index (χ0v) is 8.68. The molecule has 0 atom stereocenters. The lowest BCUT2D eigenvalue weighted by molar-refractivity contribution is -0.149. The van der Waals surface area contributed by atoms with E-state index in [4.69, 9.17) is 5.11 Å². The molecule has 1 N–H and O–H groups in total. The van der Waals surface area contributed by atoms with Gasteiger partial charge in [0.15, 0.2) is 5.78 Å². The first kappa shape index (κ1) is 12.1. The lowest BCUT2D eigenvalue weighted by Gasteiger charge is -1.99. The molecule has 0 aliphatic rings. The van der Waals surface area contributed by atoms with Gasteiger partial charge in [0.05, 0.1) is 0 Å². The monoisotopic (exact) mass is 220 g/mol. The lowest BCUT2D eigenvalue weighted by atomic mass is 10.0. The molecule has 1 aromatic rings. The zero-order valence-electron chi connectivity index (χ0n) is 8.68. The molecule has 4 heteroatoms. The second kappa shape index (κ2) is 5.80. The van der Waals surface area contributed by atoms with E-state index in [9.17, 15) is 14.4 Å². The van der Waals surface area contributed by atoms with E-state index in [0.29, 0.717) is 5.56 Å². The number of carbonyl (C=O) groups is 3. The third-order valence-corrected chi connectivity index (χ3v) is 2.14. The first-order valence-corrected chi connectivity index (χ1v) is 4.95. The smallest absolute Gasteiger partial charge is 0.372 e. The molecule has 0 amide bonds. The number of hydrogen-bond acceptors (Lipinski definition) is 3. The minimum Gasteiger partial charge on any atom is -0.476 e. The van der Waals surface area contributed by atoms with Crippen molar-refractivity contribution in [2.75, 3.05) is 0 Å². The Bertz CT molecular complexity index is 395. The molecule has 0 aliphatic heterocycles. The van der Waals surface area contributed by atoms with Crippen molar-refractivity contribution in [3.8, 4) is 0 Å². The predicted octanol–water partition coefficient (Wildman–Crippen LogP) is 1.69. The highest BCUT2D eigenvalue weighted by molar-refractivity contribution is 6.32. The van der Waals surface area contributed by atoms with Crippen LogP contribution in [0.25, 0.3) is 0 Å². The maximum Gasteiger partial charge on any atom is 0.372 e. The van der Waals surface area contributed by atoms with E-state index in [1.807, 2.05) is 6.07 Å². The second-order valence-corrected chi connectivity index (χ2v) is 3.37. The first-order valence-electron chi connectivity index (χ1n) is 4.95. The molecule has 0 unspecified atom stereocenters.